The molecular weight excluding hydrogens is 831 g/mol. The van der Waals surface area contributed by atoms with Crippen molar-refractivity contribution in [2.75, 3.05) is 0 Å². The molecule has 1 fully saturated rings. The van der Waals surface area contributed by atoms with Crippen LogP contribution in [0, 0.1) is 0 Å². The van der Waals surface area contributed by atoms with E-state index in [4.69, 9.17) is 0 Å². The Morgan fingerprint density at radius 2 is 0.796 bits per heavy atom. The molecule has 2 unspecified atom stereocenters. The van der Waals surface area contributed by atoms with Gasteiger partial charge >= 0.3 is 331 Å². The van der Waals surface area contributed by atoms with Crippen molar-refractivity contribution >= 4 is 30.6 Å². The third-order valence-electron chi connectivity index (χ3n) is 13.0. The molecule has 0 bridgehead atoms. The number of rotatable bonds is 4. The molecule has 54 heavy (non-hydrogen) atoms. The Morgan fingerprint density at radius 3 is 1.15 bits per heavy atom. The molecule has 6 aromatic rings. The van der Waals surface area contributed by atoms with Gasteiger partial charge in [0.25, 0.3) is 0 Å². The Bertz CT molecular complexity index is 2280. The minimum absolute atomic E-state index is 0.126. The van der Waals surface area contributed by atoms with Gasteiger partial charge in [0.15, 0.2) is 0 Å². The maximum atomic E-state index is 2.79. The predicted octanol–water partition coefficient (Wildman–Crippen LogP) is 12.8. The third-order valence-corrected chi connectivity index (χ3v) is 35.2. The summed E-state index contributed by atoms with van der Waals surface area (Å²) in [5, 5.41) is 6.49. The van der Waals surface area contributed by atoms with Crippen molar-refractivity contribution in [1.29, 1.82) is 0 Å². The van der Waals surface area contributed by atoms with E-state index < -0.39 is 28.0 Å². The van der Waals surface area contributed by atoms with E-state index in [-0.39, 0.29) is 10.8 Å². The van der Waals surface area contributed by atoms with E-state index in [2.05, 4.69) is 209 Å². The molecule has 0 radical (unpaired) electrons. The quantitative estimate of drug-likeness (QED) is 0.155. The van der Waals surface area contributed by atoms with Crippen molar-refractivity contribution in [2.24, 2.45) is 0 Å². The molecule has 9 rings (SSSR count). The SMILES string of the molecule is CC(C)(C)c1ccc(-c2cccc3c2C=C2[CH]3[Hf]([CH3])([CH3])[CH]3C(=Cc4c(-c5ccc(C(C)(C)C)cc5)cccc43)[Si]2(c2ccccc2)c2ccccc2)cc1. The molecule has 0 spiro atoms. The zero-order valence-electron chi connectivity index (χ0n) is 33.2. The van der Waals surface area contributed by atoms with E-state index in [1.807, 2.05) is 0 Å². The van der Waals surface area contributed by atoms with E-state index in [9.17, 15) is 0 Å². The second kappa shape index (κ2) is 12.7. The predicted molar refractivity (Wildman–Crippen MR) is 232 cm³/mol. The van der Waals surface area contributed by atoms with Crippen LogP contribution in [0.4, 0.5) is 0 Å². The van der Waals surface area contributed by atoms with Crippen LogP contribution >= 0.6 is 0 Å². The number of hydrogen-bond acceptors (Lipinski definition) is 0. The molecule has 6 aromatic carbocycles. The van der Waals surface area contributed by atoms with Crippen LogP contribution in [0.15, 0.2) is 156 Å². The average molecular weight is 884 g/mol. The summed E-state index contributed by atoms with van der Waals surface area (Å²) in [6.45, 7) is 13.8. The van der Waals surface area contributed by atoms with Crippen molar-refractivity contribution in [3.05, 3.63) is 189 Å². The molecule has 1 heterocycles. The number of fused-ring (bicyclic) bond motifs is 6. The van der Waals surface area contributed by atoms with Crippen LogP contribution in [0.1, 0.15) is 82.3 Å². The molecule has 1 saturated heterocycles. The van der Waals surface area contributed by atoms with Crippen molar-refractivity contribution in [3.63, 3.8) is 0 Å². The van der Waals surface area contributed by atoms with Gasteiger partial charge in [0.05, 0.1) is 0 Å². The van der Waals surface area contributed by atoms with E-state index >= 15 is 0 Å². The summed E-state index contributed by atoms with van der Waals surface area (Å²) in [5.41, 5.74) is 14.5. The fourth-order valence-corrected chi connectivity index (χ4v) is 41.6. The molecule has 2 atom stereocenters. The summed E-state index contributed by atoms with van der Waals surface area (Å²) in [6.07, 6.45) is 5.46. The van der Waals surface area contributed by atoms with Crippen molar-refractivity contribution in [1.82, 2.24) is 0 Å². The van der Waals surface area contributed by atoms with Gasteiger partial charge in [-0.15, -0.1) is 0 Å². The molecule has 0 N–H and O–H groups in total. The maximum absolute atomic E-state index is 3.36. The Labute approximate surface area is 329 Å². The standard InChI is InChI=1S/C50H46Si.2CH3.Hf/c1-49(2,3)39-27-23-35(24-28-39)45-21-13-15-37-31-43(33-47(37)45)51(41-17-9-7-10-18-41,42-19-11-8-12-20-42)44-32-38-16-14-22-46(48(38)34-44)36-25-29-40(30-26-36)50(4,5)6;;;/h7-34H,1-6H3;2*1H3;. The first kappa shape index (κ1) is 35.6. The summed E-state index contributed by atoms with van der Waals surface area (Å²) in [5.74, 6) is 0. The molecule has 2 heteroatoms. The zero-order valence-corrected chi connectivity index (χ0v) is 37.8. The van der Waals surface area contributed by atoms with Gasteiger partial charge in [-0.25, -0.2) is 0 Å². The molecule has 1 aliphatic heterocycles. The first-order chi connectivity index (χ1) is 25.8. The van der Waals surface area contributed by atoms with E-state index in [1.54, 1.807) is 21.5 Å². The average Bonchev–Trinajstić information content (AvgIpc) is 3.77. The van der Waals surface area contributed by atoms with Crippen LogP contribution in [0.5, 0.6) is 0 Å². The van der Waals surface area contributed by atoms with Crippen LogP contribution < -0.4 is 10.4 Å². The Kier molecular flexibility index (Phi) is 8.38. The van der Waals surface area contributed by atoms with Crippen LogP contribution in [0.2, 0.25) is 9.36 Å². The molecule has 268 valence electrons. The van der Waals surface area contributed by atoms with Gasteiger partial charge in [-0.05, 0) is 0 Å². The van der Waals surface area contributed by atoms with E-state index in [0.717, 1.165) is 0 Å². The molecule has 2 aliphatic carbocycles. The van der Waals surface area contributed by atoms with Gasteiger partial charge < -0.3 is 0 Å². The van der Waals surface area contributed by atoms with Crippen molar-refractivity contribution < 1.29 is 20.0 Å². The van der Waals surface area contributed by atoms with Crippen LogP contribution in [-0.2, 0) is 30.8 Å². The summed E-state index contributed by atoms with van der Waals surface area (Å²) in [7, 11) is -2.72. The summed E-state index contributed by atoms with van der Waals surface area (Å²) >= 11 is -3.36. The zero-order chi connectivity index (χ0) is 37.6. The molecule has 0 amide bonds. The Morgan fingerprint density at radius 1 is 0.426 bits per heavy atom. The summed E-state index contributed by atoms with van der Waals surface area (Å²) < 4.78 is 6.57. The molecule has 0 saturated carbocycles. The minimum atomic E-state index is -3.36. The van der Waals surface area contributed by atoms with Crippen molar-refractivity contribution in [3.8, 4) is 22.3 Å². The molecule has 0 nitrogen and oxygen atoms in total. The van der Waals surface area contributed by atoms with Gasteiger partial charge in [-0.2, -0.15) is 0 Å². The fraction of sp³-hybridized carbons (Fsp3) is 0.231. The number of benzene rings is 6. The molecule has 0 aromatic heterocycles. The van der Waals surface area contributed by atoms with Gasteiger partial charge in [0.2, 0.25) is 0 Å². The Balaban J connectivity index is 1.33. The third kappa shape index (κ3) is 5.38. The van der Waals surface area contributed by atoms with E-state index in [1.165, 1.54) is 54.9 Å². The fourth-order valence-electron chi connectivity index (χ4n) is 10.4. The topological polar surface area (TPSA) is 0 Å². The number of hydrogen-bond donors (Lipinski definition) is 0. The van der Waals surface area contributed by atoms with Gasteiger partial charge in [-0.3, -0.25) is 0 Å². The van der Waals surface area contributed by atoms with Gasteiger partial charge in [-0.1, -0.05) is 0 Å². The second-order valence-corrected chi connectivity index (χ2v) is 39.7. The second-order valence-electron chi connectivity index (χ2n) is 18.6. The van der Waals surface area contributed by atoms with Crippen LogP contribution in [0.3, 0.4) is 0 Å². The first-order valence-electron chi connectivity index (χ1n) is 19.8. The Hall–Kier alpha value is -4.11. The van der Waals surface area contributed by atoms with Gasteiger partial charge in [0.1, 0.15) is 0 Å². The van der Waals surface area contributed by atoms with Gasteiger partial charge in [0, 0.05) is 0 Å². The van der Waals surface area contributed by atoms with Crippen LogP contribution in [0.25, 0.3) is 34.4 Å². The van der Waals surface area contributed by atoms with Crippen molar-refractivity contribution in [2.45, 2.75) is 69.1 Å². The number of allylic oxidation sites excluding steroid dienone is 2. The van der Waals surface area contributed by atoms with E-state index in [0.29, 0.717) is 7.35 Å². The molecule has 3 aliphatic rings. The van der Waals surface area contributed by atoms with Crippen LogP contribution in [-0.4, -0.2) is 8.07 Å². The first-order valence-corrected chi connectivity index (χ1v) is 33.2. The monoisotopic (exact) mass is 884 g/mol. The summed E-state index contributed by atoms with van der Waals surface area (Å²) in [4.78, 5) is 0. The summed E-state index contributed by atoms with van der Waals surface area (Å²) in [6, 6.07) is 56.8. The molecular formula is C52H52HfSi. The normalized spacial score (nSPS) is 19.3.